The van der Waals surface area contributed by atoms with Crippen LogP contribution >= 0.6 is 0 Å². The van der Waals surface area contributed by atoms with Crippen molar-refractivity contribution in [2.75, 3.05) is 19.8 Å². The molecule has 0 atom stereocenters. The van der Waals surface area contributed by atoms with Crippen LogP contribution in [0, 0.1) is 5.41 Å². The molecule has 0 aliphatic heterocycles. The molecule has 5 heteroatoms. The minimum Gasteiger partial charge on any atom is -0.465 e. The summed E-state index contributed by atoms with van der Waals surface area (Å²) in [6.45, 7) is 5.22. The van der Waals surface area contributed by atoms with Crippen molar-refractivity contribution in [1.82, 2.24) is 0 Å². The molecule has 5 nitrogen and oxygen atoms in total. The molecule has 0 rings (SSSR count). The van der Waals surface area contributed by atoms with Gasteiger partial charge in [-0.25, -0.2) is 0 Å². The first-order valence-electron chi connectivity index (χ1n) is 5.95. The third-order valence-corrected chi connectivity index (χ3v) is 2.74. The molecule has 0 aliphatic carbocycles. The fourth-order valence-electron chi connectivity index (χ4n) is 1.12. The van der Waals surface area contributed by atoms with Crippen molar-refractivity contribution in [2.45, 2.75) is 40.0 Å². The highest BCUT2D eigenvalue weighted by molar-refractivity contribution is 5.69. The molecule has 0 radical (unpaired) electrons. The highest BCUT2D eigenvalue weighted by atomic mass is 16.5. The average molecular weight is 246 g/mol. The van der Waals surface area contributed by atoms with Crippen molar-refractivity contribution in [3.05, 3.63) is 0 Å². The van der Waals surface area contributed by atoms with Gasteiger partial charge in [0.05, 0.1) is 12.0 Å². The standard InChI is InChI=1S/C12H22O5/c1-4-10(14)16-8-12(6-3,7-13)9-17-11(15)5-2/h13H,4-9H2,1-3H3. The van der Waals surface area contributed by atoms with Gasteiger partial charge in [0, 0.05) is 12.8 Å². The second-order valence-electron chi connectivity index (χ2n) is 4.04. The van der Waals surface area contributed by atoms with Gasteiger partial charge in [0.1, 0.15) is 13.2 Å². The highest BCUT2D eigenvalue weighted by Gasteiger charge is 2.31. The van der Waals surface area contributed by atoms with Crippen LogP contribution < -0.4 is 0 Å². The zero-order valence-corrected chi connectivity index (χ0v) is 10.8. The van der Waals surface area contributed by atoms with E-state index in [-0.39, 0.29) is 31.8 Å². The second kappa shape index (κ2) is 8.06. The molecule has 0 fully saturated rings. The van der Waals surface area contributed by atoms with Gasteiger partial charge in [-0.3, -0.25) is 9.59 Å². The maximum absolute atomic E-state index is 11.1. The zero-order chi connectivity index (χ0) is 13.3. The maximum Gasteiger partial charge on any atom is 0.305 e. The van der Waals surface area contributed by atoms with Gasteiger partial charge in [-0.2, -0.15) is 0 Å². The van der Waals surface area contributed by atoms with Crippen molar-refractivity contribution >= 4 is 11.9 Å². The maximum atomic E-state index is 11.1. The molecule has 0 saturated carbocycles. The van der Waals surface area contributed by atoms with Crippen LogP contribution in [0.3, 0.4) is 0 Å². The summed E-state index contributed by atoms with van der Waals surface area (Å²) in [6.07, 6.45) is 1.15. The fourth-order valence-corrected chi connectivity index (χ4v) is 1.12. The molecule has 0 unspecified atom stereocenters. The Morgan fingerprint density at radius 1 is 1.00 bits per heavy atom. The molecule has 0 spiro atoms. The monoisotopic (exact) mass is 246 g/mol. The van der Waals surface area contributed by atoms with Crippen LogP contribution in [0.25, 0.3) is 0 Å². The van der Waals surface area contributed by atoms with E-state index in [9.17, 15) is 14.7 Å². The van der Waals surface area contributed by atoms with Crippen LogP contribution in [-0.2, 0) is 19.1 Å². The minimum absolute atomic E-state index is 0.0731. The van der Waals surface area contributed by atoms with E-state index in [4.69, 9.17) is 9.47 Å². The lowest BCUT2D eigenvalue weighted by Gasteiger charge is -2.29. The number of esters is 2. The number of ether oxygens (including phenoxy) is 2. The zero-order valence-electron chi connectivity index (χ0n) is 10.8. The first-order chi connectivity index (χ1) is 8.03. The fraction of sp³-hybridized carbons (Fsp3) is 0.833. The van der Waals surface area contributed by atoms with Crippen LogP contribution in [0.5, 0.6) is 0 Å². The van der Waals surface area contributed by atoms with Gasteiger partial charge < -0.3 is 14.6 Å². The molecule has 100 valence electrons. The van der Waals surface area contributed by atoms with Gasteiger partial charge in [-0.1, -0.05) is 20.8 Å². The van der Waals surface area contributed by atoms with E-state index in [1.165, 1.54) is 0 Å². The summed E-state index contributed by atoms with van der Waals surface area (Å²) in [5.41, 5.74) is -0.685. The van der Waals surface area contributed by atoms with Gasteiger partial charge in [0.15, 0.2) is 0 Å². The molecular weight excluding hydrogens is 224 g/mol. The number of carbonyl (C=O) groups is 2. The molecule has 0 aromatic carbocycles. The van der Waals surface area contributed by atoms with Crippen LogP contribution in [-0.4, -0.2) is 36.9 Å². The molecule has 0 aliphatic rings. The Balaban J connectivity index is 4.34. The molecule has 0 bridgehead atoms. The Hall–Kier alpha value is -1.10. The van der Waals surface area contributed by atoms with E-state index in [0.717, 1.165) is 0 Å². The molecule has 0 amide bonds. The van der Waals surface area contributed by atoms with Gasteiger partial charge in [-0.15, -0.1) is 0 Å². The third kappa shape index (κ3) is 5.68. The molecule has 1 N–H and O–H groups in total. The molecule has 0 saturated heterocycles. The lowest BCUT2D eigenvalue weighted by molar-refractivity contribution is -0.156. The van der Waals surface area contributed by atoms with Gasteiger partial charge in [0.25, 0.3) is 0 Å². The Labute approximate surface area is 102 Å². The predicted molar refractivity (Wildman–Crippen MR) is 62.3 cm³/mol. The summed E-state index contributed by atoms with van der Waals surface area (Å²) in [7, 11) is 0. The summed E-state index contributed by atoms with van der Waals surface area (Å²) in [5.74, 6) is -0.642. The van der Waals surface area contributed by atoms with Gasteiger partial charge >= 0.3 is 11.9 Å². The SMILES string of the molecule is CCC(=O)OCC(CC)(CO)COC(=O)CC. The van der Waals surface area contributed by atoms with Crippen LogP contribution in [0.2, 0.25) is 0 Å². The Morgan fingerprint density at radius 2 is 1.41 bits per heavy atom. The number of hydrogen-bond acceptors (Lipinski definition) is 5. The van der Waals surface area contributed by atoms with Crippen molar-refractivity contribution in [1.29, 1.82) is 0 Å². The summed E-state index contributed by atoms with van der Waals surface area (Å²) in [5, 5.41) is 9.37. The lowest BCUT2D eigenvalue weighted by Crippen LogP contribution is -2.37. The smallest absolute Gasteiger partial charge is 0.305 e. The molecule has 0 aromatic rings. The number of aliphatic hydroxyl groups is 1. The van der Waals surface area contributed by atoms with E-state index in [0.29, 0.717) is 19.3 Å². The number of rotatable bonds is 8. The third-order valence-electron chi connectivity index (χ3n) is 2.74. The average Bonchev–Trinajstić information content (AvgIpc) is 2.38. The van der Waals surface area contributed by atoms with E-state index in [1.807, 2.05) is 6.92 Å². The first-order valence-corrected chi connectivity index (χ1v) is 5.95. The van der Waals surface area contributed by atoms with E-state index >= 15 is 0 Å². The minimum atomic E-state index is -0.685. The number of hydrogen-bond donors (Lipinski definition) is 1. The quantitative estimate of drug-likeness (QED) is 0.653. The lowest BCUT2D eigenvalue weighted by atomic mass is 9.88. The molecule has 0 heterocycles. The summed E-state index contributed by atoms with van der Waals surface area (Å²) < 4.78 is 10.0. The Kier molecular flexibility index (Phi) is 7.54. The summed E-state index contributed by atoms with van der Waals surface area (Å²) in [6, 6.07) is 0. The number of aliphatic hydroxyl groups excluding tert-OH is 1. The Bertz CT molecular complexity index is 223. The van der Waals surface area contributed by atoms with E-state index in [2.05, 4.69) is 0 Å². The largest absolute Gasteiger partial charge is 0.465 e. The van der Waals surface area contributed by atoms with Crippen molar-refractivity contribution in [3.8, 4) is 0 Å². The van der Waals surface area contributed by atoms with Crippen LogP contribution in [0.15, 0.2) is 0 Å². The van der Waals surface area contributed by atoms with E-state index in [1.54, 1.807) is 13.8 Å². The van der Waals surface area contributed by atoms with Crippen molar-refractivity contribution in [3.63, 3.8) is 0 Å². The Morgan fingerprint density at radius 3 is 1.65 bits per heavy atom. The summed E-state index contributed by atoms with van der Waals surface area (Å²) in [4.78, 5) is 22.1. The van der Waals surface area contributed by atoms with Crippen molar-refractivity contribution in [2.24, 2.45) is 5.41 Å². The molecule has 0 aromatic heterocycles. The van der Waals surface area contributed by atoms with Crippen LogP contribution in [0.4, 0.5) is 0 Å². The second-order valence-corrected chi connectivity index (χ2v) is 4.04. The van der Waals surface area contributed by atoms with Crippen molar-refractivity contribution < 1.29 is 24.2 Å². The van der Waals surface area contributed by atoms with E-state index < -0.39 is 5.41 Å². The highest BCUT2D eigenvalue weighted by Crippen LogP contribution is 2.22. The predicted octanol–water partition coefficient (Wildman–Crippen LogP) is 1.28. The molecular formula is C12H22O5. The van der Waals surface area contributed by atoms with Gasteiger partial charge in [0.2, 0.25) is 0 Å². The number of carbonyl (C=O) groups excluding carboxylic acids is 2. The summed E-state index contributed by atoms with van der Waals surface area (Å²) >= 11 is 0. The van der Waals surface area contributed by atoms with Crippen LogP contribution in [0.1, 0.15) is 40.0 Å². The first kappa shape index (κ1) is 15.9. The molecule has 17 heavy (non-hydrogen) atoms. The van der Waals surface area contributed by atoms with Gasteiger partial charge in [-0.05, 0) is 6.42 Å². The normalized spacial score (nSPS) is 11.1. The topological polar surface area (TPSA) is 72.8 Å².